The van der Waals surface area contributed by atoms with Crippen molar-refractivity contribution in [2.75, 3.05) is 26.8 Å². The Morgan fingerprint density at radius 3 is 2.67 bits per heavy atom. The second-order valence-electron chi connectivity index (χ2n) is 3.74. The van der Waals surface area contributed by atoms with Gasteiger partial charge < -0.3 is 10.5 Å². The summed E-state index contributed by atoms with van der Waals surface area (Å²) >= 11 is 0. The Balaban J connectivity index is 2.16. The molecule has 90 valence electrons. The summed E-state index contributed by atoms with van der Waals surface area (Å²) in [4.78, 5) is 0. The third-order valence-electron chi connectivity index (χ3n) is 2.33. The van der Waals surface area contributed by atoms with E-state index in [0.717, 1.165) is 12.8 Å². The molecule has 7 heteroatoms. The van der Waals surface area contributed by atoms with E-state index in [-0.39, 0.29) is 12.6 Å². The minimum Gasteiger partial charge on any atom is -0.383 e. The summed E-state index contributed by atoms with van der Waals surface area (Å²) in [7, 11) is -1.90. The second-order valence-corrected chi connectivity index (χ2v) is 5.32. The summed E-state index contributed by atoms with van der Waals surface area (Å²) in [5, 5.41) is 0. The van der Waals surface area contributed by atoms with Crippen LogP contribution in [0.1, 0.15) is 12.8 Å². The van der Waals surface area contributed by atoms with E-state index in [1.807, 2.05) is 0 Å². The highest BCUT2D eigenvalue weighted by atomic mass is 32.2. The fraction of sp³-hybridized carbons (Fsp3) is 1.00. The highest BCUT2D eigenvalue weighted by molar-refractivity contribution is 7.87. The van der Waals surface area contributed by atoms with Gasteiger partial charge in [0.15, 0.2) is 0 Å². The molecule has 0 aromatic rings. The van der Waals surface area contributed by atoms with E-state index in [1.165, 1.54) is 7.11 Å². The molecule has 0 aliphatic heterocycles. The minimum absolute atomic E-state index is 0.0657. The van der Waals surface area contributed by atoms with E-state index in [2.05, 4.69) is 9.44 Å². The van der Waals surface area contributed by atoms with Crippen molar-refractivity contribution in [3.05, 3.63) is 0 Å². The number of hydrogen-bond donors (Lipinski definition) is 3. The molecule has 15 heavy (non-hydrogen) atoms. The summed E-state index contributed by atoms with van der Waals surface area (Å²) in [5.74, 6) is 0.492. The minimum atomic E-state index is -3.41. The standard InChI is InChI=1S/C8H19N3O3S/c1-14-5-4-10-15(12,13)11-6-8(9)7-2-3-7/h7-8,10-11H,2-6,9H2,1H3. The zero-order valence-corrected chi connectivity index (χ0v) is 9.72. The molecule has 1 unspecified atom stereocenters. The van der Waals surface area contributed by atoms with Crippen LogP contribution in [0.15, 0.2) is 0 Å². The first kappa shape index (κ1) is 12.9. The summed E-state index contributed by atoms with van der Waals surface area (Å²) < 4.78 is 32.1. The molecule has 1 fully saturated rings. The van der Waals surface area contributed by atoms with Gasteiger partial charge in [0.25, 0.3) is 10.2 Å². The lowest BCUT2D eigenvalue weighted by molar-refractivity contribution is 0.204. The van der Waals surface area contributed by atoms with Crippen LogP contribution in [0.25, 0.3) is 0 Å². The van der Waals surface area contributed by atoms with Crippen molar-refractivity contribution in [3.8, 4) is 0 Å². The lowest BCUT2D eigenvalue weighted by atomic mass is 10.2. The molecule has 4 N–H and O–H groups in total. The molecular weight excluding hydrogens is 218 g/mol. The number of rotatable bonds is 8. The van der Waals surface area contributed by atoms with Gasteiger partial charge in [-0.15, -0.1) is 0 Å². The van der Waals surface area contributed by atoms with Crippen LogP contribution in [0.5, 0.6) is 0 Å². The van der Waals surface area contributed by atoms with Gasteiger partial charge in [-0.25, -0.2) is 4.72 Å². The van der Waals surface area contributed by atoms with Gasteiger partial charge in [-0.2, -0.15) is 13.1 Å². The van der Waals surface area contributed by atoms with Gasteiger partial charge in [-0.05, 0) is 18.8 Å². The number of hydrogen-bond acceptors (Lipinski definition) is 4. The van der Waals surface area contributed by atoms with E-state index in [9.17, 15) is 8.42 Å². The number of nitrogens with one attached hydrogen (secondary N) is 2. The molecular formula is C8H19N3O3S. The Labute approximate surface area is 90.7 Å². The van der Waals surface area contributed by atoms with Gasteiger partial charge in [0.2, 0.25) is 0 Å². The summed E-state index contributed by atoms with van der Waals surface area (Å²) in [6.07, 6.45) is 2.22. The van der Waals surface area contributed by atoms with Crippen LogP contribution in [0.4, 0.5) is 0 Å². The first-order chi connectivity index (χ1) is 7.05. The van der Waals surface area contributed by atoms with E-state index < -0.39 is 10.2 Å². The lowest BCUT2D eigenvalue weighted by Crippen LogP contribution is -2.44. The molecule has 1 rings (SSSR count). The molecule has 1 aliphatic carbocycles. The van der Waals surface area contributed by atoms with Gasteiger partial charge in [-0.1, -0.05) is 0 Å². The summed E-state index contributed by atoms with van der Waals surface area (Å²) in [5.41, 5.74) is 5.76. The predicted molar refractivity (Wildman–Crippen MR) is 57.5 cm³/mol. The molecule has 0 aromatic carbocycles. The zero-order valence-electron chi connectivity index (χ0n) is 8.90. The van der Waals surface area contributed by atoms with E-state index >= 15 is 0 Å². The molecule has 1 atom stereocenters. The molecule has 0 radical (unpaired) electrons. The summed E-state index contributed by atoms with van der Waals surface area (Å²) in [6, 6.07) is -0.0657. The smallest absolute Gasteiger partial charge is 0.277 e. The third kappa shape index (κ3) is 5.43. The number of ether oxygens (including phenoxy) is 1. The average molecular weight is 237 g/mol. The van der Waals surface area contributed by atoms with Crippen LogP contribution in [-0.2, 0) is 14.9 Å². The molecule has 0 aromatic heterocycles. The molecule has 0 bridgehead atoms. The van der Waals surface area contributed by atoms with Gasteiger partial charge in [-0.3, -0.25) is 0 Å². The van der Waals surface area contributed by atoms with Gasteiger partial charge in [0.1, 0.15) is 0 Å². The molecule has 1 aliphatic rings. The monoisotopic (exact) mass is 237 g/mol. The first-order valence-electron chi connectivity index (χ1n) is 5.04. The fourth-order valence-corrected chi connectivity index (χ4v) is 2.09. The maximum absolute atomic E-state index is 11.3. The largest absolute Gasteiger partial charge is 0.383 e. The van der Waals surface area contributed by atoms with Crippen LogP contribution in [0.2, 0.25) is 0 Å². The van der Waals surface area contributed by atoms with E-state index in [1.54, 1.807) is 0 Å². The van der Waals surface area contributed by atoms with Crippen LogP contribution in [0.3, 0.4) is 0 Å². The lowest BCUT2D eigenvalue weighted by Gasteiger charge is -2.12. The van der Waals surface area contributed by atoms with E-state index in [0.29, 0.717) is 19.1 Å². The Kier molecular flexibility index (Phi) is 4.94. The van der Waals surface area contributed by atoms with Crippen LogP contribution >= 0.6 is 0 Å². The molecule has 6 nitrogen and oxygen atoms in total. The molecule has 1 saturated carbocycles. The van der Waals surface area contributed by atoms with Crippen LogP contribution in [0, 0.1) is 5.92 Å². The van der Waals surface area contributed by atoms with Gasteiger partial charge >= 0.3 is 0 Å². The number of methoxy groups -OCH3 is 1. The number of nitrogens with two attached hydrogens (primary N) is 1. The van der Waals surface area contributed by atoms with Crippen LogP contribution in [-0.4, -0.2) is 41.3 Å². The Morgan fingerprint density at radius 1 is 1.47 bits per heavy atom. The van der Waals surface area contributed by atoms with Crippen molar-refractivity contribution < 1.29 is 13.2 Å². The van der Waals surface area contributed by atoms with Gasteiger partial charge in [0.05, 0.1) is 6.61 Å². The van der Waals surface area contributed by atoms with Crippen molar-refractivity contribution in [2.45, 2.75) is 18.9 Å². The molecule has 0 spiro atoms. The maximum atomic E-state index is 11.3. The SMILES string of the molecule is COCCNS(=O)(=O)NCC(N)C1CC1. The quantitative estimate of drug-likeness (QED) is 0.462. The van der Waals surface area contributed by atoms with Crippen molar-refractivity contribution >= 4 is 10.2 Å². The maximum Gasteiger partial charge on any atom is 0.277 e. The Morgan fingerprint density at radius 2 is 2.13 bits per heavy atom. The van der Waals surface area contributed by atoms with E-state index in [4.69, 9.17) is 10.5 Å². The normalized spacial score (nSPS) is 19.1. The zero-order chi connectivity index (χ0) is 11.3. The van der Waals surface area contributed by atoms with Crippen molar-refractivity contribution in [1.82, 2.24) is 9.44 Å². The highest BCUT2D eigenvalue weighted by Gasteiger charge is 2.28. The van der Waals surface area contributed by atoms with Crippen LogP contribution < -0.4 is 15.2 Å². The van der Waals surface area contributed by atoms with Crippen molar-refractivity contribution in [1.29, 1.82) is 0 Å². The predicted octanol–water partition coefficient (Wildman–Crippen LogP) is -1.21. The Bertz CT molecular complexity index is 277. The average Bonchev–Trinajstić information content (AvgIpc) is 2.98. The summed E-state index contributed by atoms with van der Waals surface area (Å²) in [6.45, 7) is 0.924. The van der Waals surface area contributed by atoms with Crippen molar-refractivity contribution in [2.24, 2.45) is 11.7 Å². The fourth-order valence-electron chi connectivity index (χ4n) is 1.23. The van der Waals surface area contributed by atoms with Crippen molar-refractivity contribution in [3.63, 3.8) is 0 Å². The molecule has 0 amide bonds. The Hall–Kier alpha value is -0.210. The molecule has 0 heterocycles. The molecule has 0 saturated heterocycles. The second kappa shape index (κ2) is 5.76. The topological polar surface area (TPSA) is 93.4 Å². The first-order valence-corrected chi connectivity index (χ1v) is 6.52. The van der Waals surface area contributed by atoms with Gasteiger partial charge in [0, 0.05) is 26.2 Å². The highest BCUT2D eigenvalue weighted by Crippen LogP contribution is 2.31. The third-order valence-corrected chi connectivity index (χ3v) is 3.47.